The van der Waals surface area contributed by atoms with Crippen LogP contribution < -0.4 is 10.1 Å². The van der Waals surface area contributed by atoms with Crippen LogP contribution in [0.15, 0.2) is 54.6 Å². The number of benzene rings is 2. The van der Waals surface area contributed by atoms with Crippen molar-refractivity contribution in [2.75, 3.05) is 13.2 Å². The molecule has 1 amide bonds. The summed E-state index contributed by atoms with van der Waals surface area (Å²) in [5.74, 6) is 2.24. The van der Waals surface area contributed by atoms with Crippen molar-refractivity contribution in [3.63, 3.8) is 0 Å². The first-order valence-electron chi connectivity index (χ1n) is 9.29. The first-order chi connectivity index (χ1) is 12.3. The maximum atomic E-state index is 11.6. The molecule has 2 aromatic carbocycles. The number of nitrogens with one attached hydrogen (secondary N) is 1. The van der Waals surface area contributed by atoms with Gasteiger partial charge in [0.1, 0.15) is 5.75 Å². The van der Waals surface area contributed by atoms with Gasteiger partial charge in [0, 0.05) is 19.4 Å². The van der Waals surface area contributed by atoms with Gasteiger partial charge < -0.3 is 10.1 Å². The van der Waals surface area contributed by atoms with Gasteiger partial charge in [0.25, 0.3) is 0 Å². The second kappa shape index (κ2) is 8.70. The van der Waals surface area contributed by atoms with Crippen LogP contribution in [0.5, 0.6) is 5.75 Å². The Balaban J connectivity index is 1.45. The molecule has 0 aromatic heterocycles. The van der Waals surface area contributed by atoms with Crippen LogP contribution in [0.3, 0.4) is 0 Å². The first kappa shape index (κ1) is 17.5. The van der Waals surface area contributed by atoms with E-state index in [1.165, 1.54) is 11.1 Å². The lowest BCUT2D eigenvalue weighted by Gasteiger charge is -2.09. The Morgan fingerprint density at radius 2 is 2.00 bits per heavy atom. The summed E-state index contributed by atoms with van der Waals surface area (Å²) in [6, 6.07) is 18.8. The van der Waals surface area contributed by atoms with Crippen molar-refractivity contribution in [1.29, 1.82) is 0 Å². The Morgan fingerprint density at radius 1 is 1.16 bits per heavy atom. The lowest BCUT2D eigenvalue weighted by molar-refractivity contribution is -0.121. The summed E-state index contributed by atoms with van der Waals surface area (Å²) < 4.78 is 5.92. The van der Waals surface area contributed by atoms with Gasteiger partial charge in [-0.15, -0.1) is 0 Å². The van der Waals surface area contributed by atoms with Crippen molar-refractivity contribution in [3.05, 3.63) is 65.7 Å². The lowest BCUT2D eigenvalue weighted by atomic mass is 10.1. The molecule has 3 nitrogen and oxygen atoms in total. The van der Waals surface area contributed by atoms with Gasteiger partial charge in [0.15, 0.2) is 0 Å². The summed E-state index contributed by atoms with van der Waals surface area (Å²) in [7, 11) is 0. The fourth-order valence-corrected chi connectivity index (χ4v) is 3.21. The number of hydrogen-bond donors (Lipinski definition) is 1. The van der Waals surface area contributed by atoms with Gasteiger partial charge >= 0.3 is 0 Å². The molecule has 0 bridgehead atoms. The predicted octanol–water partition coefficient (Wildman–Crippen LogP) is 4.33. The standard InChI is InChI=1S/C22H27NO2/c1-2-7-22(24)23-16-19-15-21(19)18-10-6-11-20(14-18)25-13-12-17-8-4-3-5-9-17/h3-6,8-11,14,19,21H,2,7,12-13,15-16H2,1H3,(H,23,24). The van der Waals surface area contributed by atoms with Crippen LogP contribution in [-0.4, -0.2) is 19.1 Å². The minimum atomic E-state index is 0.172. The molecule has 3 heteroatoms. The maximum absolute atomic E-state index is 11.6. The normalized spacial score (nSPS) is 18.6. The molecule has 0 heterocycles. The molecule has 25 heavy (non-hydrogen) atoms. The molecule has 2 atom stereocenters. The summed E-state index contributed by atoms with van der Waals surface area (Å²) in [5.41, 5.74) is 2.62. The van der Waals surface area contributed by atoms with Crippen molar-refractivity contribution in [2.24, 2.45) is 5.92 Å². The van der Waals surface area contributed by atoms with E-state index in [-0.39, 0.29) is 5.91 Å². The van der Waals surface area contributed by atoms with Gasteiger partial charge in [0.05, 0.1) is 6.61 Å². The van der Waals surface area contributed by atoms with E-state index in [0.29, 0.717) is 24.9 Å². The second-order valence-corrected chi connectivity index (χ2v) is 6.81. The highest BCUT2D eigenvalue weighted by Gasteiger charge is 2.38. The number of carbonyl (C=O) groups is 1. The van der Waals surface area contributed by atoms with Gasteiger partial charge in [-0.3, -0.25) is 4.79 Å². The number of rotatable bonds is 9. The van der Waals surface area contributed by atoms with E-state index in [1.807, 2.05) is 19.1 Å². The number of carbonyl (C=O) groups excluding carboxylic acids is 1. The summed E-state index contributed by atoms with van der Waals surface area (Å²) in [6.45, 7) is 3.51. The van der Waals surface area contributed by atoms with Crippen LogP contribution in [0.1, 0.15) is 43.2 Å². The molecular formula is C22H27NO2. The molecule has 1 N–H and O–H groups in total. The third kappa shape index (κ3) is 5.35. The van der Waals surface area contributed by atoms with E-state index >= 15 is 0 Å². The molecule has 1 saturated carbocycles. The fourth-order valence-electron chi connectivity index (χ4n) is 3.21. The van der Waals surface area contributed by atoms with Crippen LogP contribution in [0.2, 0.25) is 0 Å². The predicted molar refractivity (Wildman–Crippen MR) is 101 cm³/mol. The van der Waals surface area contributed by atoms with Crippen molar-refractivity contribution < 1.29 is 9.53 Å². The Morgan fingerprint density at radius 3 is 2.80 bits per heavy atom. The van der Waals surface area contributed by atoms with Crippen LogP contribution in [0.4, 0.5) is 0 Å². The largest absolute Gasteiger partial charge is 0.493 e. The summed E-state index contributed by atoms with van der Waals surface area (Å²) in [6.07, 6.45) is 3.60. The number of ether oxygens (including phenoxy) is 1. The molecule has 0 radical (unpaired) electrons. The van der Waals surface area contributed by atoms with Gasteiger partial charge in [-0.05, 0) is 47.9 Å². The summed E-state index contributed by atoms with van der Waals surface area (Å²) >= 11 is 0. The first-order valence-corrected chi connectivity index (χ1v) is 9.29. The fraction of sp³-hybridized carbons (Fsp3) is 0.409. The Hall–Kier alpha value is -2.29. The zero-order valence-electron chi connectivity index (χ0n) is 14.9. The molecule has 2 unspecified atom stereocenters. The van der Waals surface area contributed by atoms with Crippen LogP contribution in [0.25, 0.3) is 0 Å². The Bertz CT molecular complexity index is 683. The van der Waals surface area contributed by atoms with Gasteiger partial charge in [-0.2, -0.15) is 0 Å². The Labute approximate surface area is 150 Å². The highest BCUT2D eigenvalue weighted by Crippen LogP contribution is 2.47. The van der Waals surface area contributed by atoms with Crippen molar-refractivity contribution in [3.8, 4) is 5.75 Å². The van der Waals surface area contributed by atoms with E-state index in [9.17, 15) is 4.79 Å². The van der Waals surface area contributed by atoms with Gasteiger partial charge in [0.2, 0.25) is 5.91 Å². The van der Waals surface area contributed by atoms with E-state index in [2.05, 4.69) is 47.8 Å². The van der Waals surface area contributed by atoms with E-state index in [1.54, 1.807) is 0 Å². The highest BCUT2D eigenvalue weighted by molar-refractivity contribution is 5.75. The molecule has 3 rings (SSSR count). The monoisotopic (exact) mass is 337 g/mol. The molecule has 1 aliphatic rings. The molecule has 0 spiro atoms. The average molecular weight is 337 g/mol. The zero-order valence-corrected chi connectivity index (χ0v) is 14.9. The van der Waals surface area contributed by atoms with Crippen molar-refractivity contribution in [1.82, 2.24) is 5.32 Å². The van der Waals surface area contributed by atoms with Crippen LogP contribution >= 0.6 is 0 Å². The quantitative estimate of drug-likeness (QED) is 0.740. The summed E-state index contributed by atoms with van der Waals surface area (Å²) in [5, 5.41) is 3.04. The van der Waals surface area contributed by atoms with Crippen molar-refractivity contribution >= 4 is 5.91 Å². The summed E-state index contributed by atoms with van der Waals surface area (Å²) in [4.78, 5) is 11.6. The van der Waals surface area contributed by atoms with Crippen molar-refractivity contribution in [2.45, 2.75) is 38.5 Å². The van der Waals surface area contributed by atoms with Crippen LogP contribution in [-0.2, 0) is 11.2 Å². The molecule has 0 saturated heterocycles. The second-order valence-electron chi connectivity index (χ2n) is 6.81. The van der Waals surface area contributed by atoms with E-state index in [4.69, 9.17) is 4.74 Å². The van der Waals surface area contributed by atoms with E-state index < -0.39 is 0 Å². The number of hydrogen-bond acceptors (Lipinski definition) is 2. The molecule has 0 aliphatic heterocycles. The molecule has 132 valence electrons. The molecular weight excluding hydrogens is 310 g/mol. The van der Waals surface area contributed by atoms with E-state index in [0.717, 1.165) is 31.6 Å². The molecule has 1 fully saturated rings. The van der Waals surface area contributed by atoms with Crippen LogP contribution in [0, 0.1) is 5.92 Å². The molecule has 1 aliphatic carbocycles. The SMILES string of the molecule is CCCC(=O)NCC1CC1c1cccc(OCCc2ccccc2)c1. The lowest BCUT2D eigenvalue weighted by Crippen LogP contribution is -2.25. The van der Waals surface area contributed by atoms with Gasteiger partial charge in [-0.1, -0.05) is 49.4 Å². The molecule has 2 aromatic rings. The number of amides is 1. The van der Waals surface area contributed by atoms with Gasteiger partial charge in [-0.25, -0.2) is 0 Å². The minimum Gasteiger partial charge on any atom is -0.493 e. The average Bonchev–Trinajstić information content (AvgIpc) is 3.41. The third-order valence-corrected chi connectivity index (χ3v) is 4.75. The smallest absolute Gasteiger partial charge is 0.219 e. The maximum Gasteiger partial charge on any atom is 0.219 e. The third-order valence-electron chi connectivity index (χ3n) is 4.75. The minimum absolute atomic E-state index is 0.172. The Kier molecular flexibility index (Phi) is 6.10. The topological polar surface area (TPSA) is 38.3 Å². The highest BCUT2D eigenvalue weighted by atomic mass is 16.5. The zero-order chi connectivity index (χ0) is 17.5.